The van der Waals surface area contributed by atoms with Crippen LogP contribution in [-0.2, 0) is 17.9 Å². The van der Waals surface area contributed by atoms with Crippen molar-refractivity contribution in [2.24, 2.45) is 11.7 Å². The number of hydrogen-bond donors (Lipinski definition) is 2. The minimum atomic E-state index is -0.806. The molecule has 0 radical (unpaired) electrons. The predicted octanol–water partition coefficient (Wildman–Crippen LogP) is 2.15. The number of primary amides is 1. The van der Waals surface area contributed by atoms with Gasteiger partial charge in [-0.2, -0.15) is 0 Å². The molecule has 0 aliphatic carbocycles. The number of carbonyl (C=O) groups is 1. The number of likely N-dealkylation sites (tertiary alicyclic amines) is 1. The molecule has 1 unspecified atom stereocenters. The number of nitrogens with zero attached hydrogens (tertiary/aromatic N) is 2. The van der Waals surface area contributed by atoms with Gasteiger partial charge in [0.2, 0.25) is 17.1 Å². The van der Waals surface area contributed by atoms with E-state index in [9.17, 15) is 19.5 Å². The Balaban J connectivity index is 1.46. The largest absolute Gasteiger partial charge is 0.502 e. The topological polar surface area (TPSA) is 137 Å². The third-order valence-corrected chi connectivity index (χ3v) is 7.47. The summed E-state index contributed by atoms with van der Waals surface area (Å²) in [6.45, 7) is 2.46. The molecule has 4 heterocycles. The van der Waals surface area contributed by atoms with E-state index >= 15 is 0 Å². The van der Waals surface area contributed by atoms with E-state index in [1.54, 1.807) is 30.3 Å². The van der Waals surface area contributed by atoms with E-state index < -0.39 is 23.0 Å². The number of benzene rings is 1. The first-order valence-electron chi connectivity index (χ1n) is 12.6. The van der Waals surface area contributed by atoms with Crippen LogP contribution in [0.15, 0.2) is 56.5 Å². The van der Waals surface area contributed by atoms with Crippen LogP contribution in [0.25, 0.3) is 0 Å². The number of rotatable bonds is 8. The molecule has 200 valence electrons. The first-order chi connectivity index (χ1) is 18.3. The van der Waals surface area contributed by atoms with Gasteiger partial charge in [0.1, 0.15) is 5.76 Å². The van der Waals surface area contributed by atoms with E-state index in [1.807, 2.05) is 10.6 Å². The Bertz CT molecular complexity index is 1480. The molecule has 3 N–H and O–H groups in total. The molecule has 1 saturated heterocycles. The minimum Gasteiger partial charge on any atom is -0.502 e. The highest BCUT2D eigenvalue weighted by Gasteiger charge is 2.35. The Morgan fingerprint density at radius 1 is 1.11 bits per heavy atom. The fraction of sp³-hybridized carbons (Fsp3) is 0.393. The highest BCUT2D eigenvalue weighted by molar-refractivity contribution is 5.75. The van der Waals surface area contributed by atoms with Crippen LogP contribution in [-0.4, -0.2) is 47.8 Å². The molecule has 2 bridgehead atoms. The van der Waals surface area contributed by atoms with Gasteiger partial charge in [-0.3, -0.25) is 19.3 Å². The molecule has 38 heavy (non-hydrogen) atoms. The van der Waals surface area contributed by atoms with Crippen molar-refractivity contribution in [3.63, 3.8) is 0 Å². The average Bonchev–Trinajstić information content (AvgIpc) is 2.89. The van der Waals surface area contributed by atoms with E-state index in [-0.39, 0.29) is 23.7 Å². The maximum Gasteiger partial charge on any atom is 0.250 e. The van der Waals surface area contributed by atoms with Crippen molar-refractivity contribution in [3.05, 3.63) is 85.8 Å². The fourth-order valence-corrected chi connectivity index (χ4v) is 5.85. The average molecular weight is 522 g/mol. The van der Waals surface area contributed by atoms with Crippen molar-refractivity contribution in [1.82, 2.24) is 9.47 Å². The lowest BCUT2D eigenvalue weighted by Gasteiger charge is -2.42. The van der Waals surface area contributed by atoms with Crippen molar-refractivity contribution >= 4 is 5.91 Å². The van der Waals surface area contributed by atoms with Gasteiger partial charge in [-0.25, -0.2) is 0 Å². The second-order valence-electron chi connectivity index (χ2n) is 10.0. The molecule has 10 nitrogen and oxygen atoms in total. The molecule has 10 heteroatoms. The lowest BCUT2D eigenvalue weighted by atomic mass is 9.83. The zero-order valence-corrected chi connectivity index (χ0v) is 21.4. The molecule has 1 fully saturated rings. The second-order valence-corrected chi connectivity index (χ2v) is 10.0. The van der Waals surface area contributed by atoms with Gasteiger partial charge in [0.25, 0.3) is 5.56 Å². The van der Waals surface area contributed by atoms with Crippen LogP contribution in [0.3, 0.4) is 0 Å². The van der Waals surface area contributed by atoms with Crippen LogP contribution in [0.4, 0.5) is 0 Å². The third-order valence-electron chi connectivity index (χ3n) is 7.47. The van der Waals surface area contributed by atoms with Crippen molar-refractivity contribution in [2.45, 2.75) is 37.8 Å². The number of amides is 1. The highest BCUT2D eigenvalue weighted by atomic mass is 16.5. The van der Waals surface area contributed by atoms with Gasteiger partial charge in [-0.15, -0.1) is 0 Å². The molecule has 3 aromatic rings. The lowest BCUT2D eigenvalue weighted by molar-refractivity contribution is -0.118. The Hall–Kier alpha value is -4.05. The van der Waals surface area contributed by atoms with Crippen molar-refractivity contribution < 1.29 is 23.8 Å². The van der Waals surface area contributed by atoms with E-state index in [2.05, 4.69) is 4.90 Å². The van der Waals surface area contributed by atoms with E-state index in [4.69, 9.17) is 19.6 Å². The molecule has 2 aromatic heterocycles. The number of nitrogens with two attached hydrogens (primary N) is 1. The summed E-state index contributed by atoms with van der Waals surface area (Å²) >= 11 is 0. The Labute approximate surface area is 219 Å². The van der Waals surface area contributed by atoms with Crippen molar-refractivity contribution in [3.8, 4) is 17.2 Å². The van der Waals surface area contributed by atoms with Gasteiger partial charge in [-0.1, -0.05) is 12.1 Å². The minimum absolute atomic E-state index is 0.0207. The molecular formula is C28H31N3O7. The quantitative estimate of drug-likeness (QED) is 0.460. The fourth-order valence-electron chi connectivity index (χ4n) is 5.85. The molecule has 2 aliphatic heterocycles. The smallest absolute Gasteiger partial charge is 0.250 e. The summed E-state index contributed by atoms with van der Waals surface area (Å²) in [7, 11) is 3.00. The zero-order valence-electron chi connectivity index (χ0n) is 21.4. The molecular weight excluding hydrogens is 490 g/mol. The number of ether oxygens (including phenoxy) is 2. The number of methoxy groups -OCH3 is 2. The maximum atomic E-state index is 12.8. The Morgan fingerprint density at radius 2 is 1.89 bits per heavy atom. The van der Waals surface area contributed by atoms with Crippen molar-refractivity contribution in [1.29, 1.82) is 0 Å². The molecule has 1 amide bonds. The number of hydrogen-bond acceptors (Lipinski definition) is 8. The highest BCUT2D eigenvalue weighted by Crippen LogP contribution is 2.39. The van der Waals surface area contributed by atoms with Gasteiger partial charge < -0.3 is 29.3 Å². The number of carbonyl (C=O) groups excluding carboxylic acids is 1. The van der Waals surface area contributed by atoms with Gasteiger partial charge in [0.15, 0.2) is 17.3 Å². The first-order valence-corrected chi connectivity index (χ1v) is 12.6. The lowest BCUT2D eigenvalue weighted by Crippen LogP contribution is -2.46. The first kappa shape index (κ1) is 25.6. The number of piperidine rings is 1. The number of aromatic hydroxyl groups is 1. The van der Waals surface area contributed by atoms with Crippen LogP contribution in [0.1, 0.15) is 47.5 Å². The van der Waals surface area contributed by atoms with E-state index in [1.165, 1.54) is 20.3 Å². The SMILES string of the molecule is COc1ccc(C(CC(N)=O)c2oc(CN3C[C@H]4C[C@@H](C3)c3cccc(=O)n3C4)cc(=O)c2O)cc1OC. The van der Waals surface area contributed by atoms with Crippen LogP contribution < -0.4 is 26.2 Å². The number of pyridine rings is 1. The molecule has 0 saturated carbocycles. The third kappa shape index (κ3) is 4.91. The molecule has 2 aliphatic rings. The summed E-state index contributed by atoms with van der Waals surface area (Å²) < 4.78 is 18.7. The van der Waals surface area contributed by atoms with Gasteiger partial charge in [0, 0.05) is 49.8 Å². The van der Waals surface area contributed by atoms with Crippen LogP contribution in [0.2, 0.25) is 0 Å². The second kappa shape index (κ2) is 10.4. The van der Waals surface area contributed by atoms with E-state index in [0.29, 0.717) is 48.4 Å². The maximum absolute atomic E-state index is 12.8. The molecule has 5 rings (SSSR count). The summed E-state index contributed by atoms with van der Waals surface area (Å²) in [5.41, 5.74) is 6.58. The van der Waals surface area contributed by atoms with Crippen molar-refractivity contribution in [2.75, 3.05) is 27.3 Å². The summed E-state index contributed by atoms with van der Waals surface area (Å²) in [6.07, 6.45) is 0.819. The normalized spacial score (nSPS) is 19.4. The van der Waals surface area contributed by atoms with Gasteiger partial charge >= 0.3 is 0 Å². The Morgan fingerprint density at radius 3 is 2.63 bits per heavy atom. The monoisotopic (exact) mass is 521 g/mol. The number of fused-ring (bicyclic) bond motifs is 4. The van der Waals surface area contributed by atoms with E-state index in [0.717, 1.165) is 18.7 Å². The Kier molecular flexibility index (Phi) is 6.98. The summed E-state index contributed by atoms with van der Waals surface area (Å²) in [5, 5.41) is 10.7. The zero-order chi connectivity index (χ0) is 27.0. The van der Waals surface area contributed by atoms with Crippen LogP contribution in [0, 0.1) is 5.92 Å². The van der Waals surface area contributed by atoms with Crippen LogP contribution in [0.5, 0.6) is 17.2 Å². The van der Waals surface area contributed by atoms with Gasteiger partial charge in [0.05, 0.1) is 26.7 Å². The number of aromatic nitrogens is 1. The molecule has 3 atom stereocenters. The van der Waals surface area contributed by atoms with Crippen LogP contribution >= 0.6 is 0 Å². The molecule has 0 spiro atoms. The van der Waals surface area contributed by atoms with Gasteiger partial charge in [-0.05, 0) is 36.1 Å². The summed E-state index contributed by atoms with van der Waals surface area (Å²) in [4.78, 5) is 39.4. The summed E-state index contributed by atoms with van der Waals surface area (Å²) in [6, 6.07) is 11.7. The summed E-state index contributed by atoms with van der Waals surface area (Å²) in [5.74, 6) is -0.193. The standard InChI is InChI=1S/C28H31N3O7/c1-36-23-7-6-17(9-24(23)37-2)20(11-25(29)33)28-27(35)22(32)10-19(38-28)15-30-12-16-8-18(14-30)21-4-3-5-26(34)31(21)13-16/h3-7,9-10,16,18,20,35H,8,11-15H2,1-2H3,(H2,29,33)/t16-,18+,20?/m1/s1. The predicted molar refractivity (Wildman–Crippen MR) is 139 cm³/mol. The molecule has 1 aromatic carbocycles.